The standard InChI is InChI=1S/C12H13BrClNO3/c13-9-3-1-7(5-10(9)14)15-6-8-2-4-11(18-8)12(16)17/h1,3,5,8,11,15H,2,4,6H2,(H,16,17). The summed E-state index contributed by atoms with van der Waals surface area (Å²) in [7, 11) is 0. The molecule has 0 amide bonds. The zero-order valence-corrected chi connectivity index (χ0v) is 11.9. The molecule has 6 heteroatoms. The van der Waals surface area contributed by atoms with Gasteiger partial charge in [0.15, 0.2) is 6.10 Å². The predicted octanol–water partition coefficient (Wildman–Crippen LogP) is 3.15. The lowest BCUT2D eigenvalue weighted by molar-refractivity contribution is -0.149. The molecular weight excluding hydrogens is 321 g/mol. The molecule has 1 aliphatic rings. The zero-order valence-electron chi connectivity index (χ0n) is 9.53. The van der Waals surface area contributed by atoms with Crippen LogP contribution in [-0.4, -0.2) is 29.8 Å². The molecular formula is C12H13BrClNO3. The van der Waals surface area contributed by atoms with Gasteiger partial charge < -0.3 is 15.2 Å². The maximum atomic E-state index is 10.7. The number of carbonyl (C=O) groups is 1. The molecule has 1 fully saturated rings. The third-order valence-corrected chi connectivity index (χ3v) is 4.07. The summed E-state index contributed by atoms with van der Waals surface area (Å²) < 4.78 is 6.24. The van der Waals surface area contributed by atoms with E-state index >= 15 is 0 Å². The van der Waals surface area contributed by atoms with Crippen LogP contribution in [0.1, 0.15) is 12.8 Å². The Balaban J connectivity index is 1.85. The number of benzene rings is 1. The molecule has 2 N–H and O–H groups in total. The van der Waals surface area contributed by atoms with Crippen molar-refractivity contribution in [2.45, 2.75) is 25.0 Å². The number of halogens is 2. The summed E-state index contributed by atoms with van der Waals surface area (Å²) in [5, 5.41) is 12.6. The van der Waals surface area contributed by atoms with Crippen LogP contribution in [0.25, 0.3) is 0 Å². The lowest BCUT2D eigenvalue weighted by atomic mass is 10.2. The molecule has 2 atom stereocenters. The van der Waals surface area contributed by atoms with Crippen LogP contribution in [0.3, 0.4) is 0 Å². The summed E-state index contributed by atoms with van der Waals surface area (Å²) in [6.07, 6.45) is 0.607. The molecule has 0 aliphatic carbocycles. The Labute approximate surface area is 118 Å². The number of ether oxygens (including phenoxy) is 1. The van der Waals surface area contributed by atoms with Gasteiger partial charge in [0.05, 0.1) is 11.1 Å². The van der Waals surface area contributed by atoms with Crippen molar-refractivity contribution < 1.29 is 14.6 Å². The fourth-order valence-electron chi connectivity index (χ4n) is 1.88. The van der Waals surface area contributed by atoms with Gasteiger partial charge in [-0.05, 0) is 47.0 Å². The topological polar surface area (TPSA) is 58.6 Å². The van der Waals surface area contributed by atoms with Crippen LogP contribution < -0.4 is 5.32 Å². The second-order valence-corrected chi connectivity index (χ2v) is 5.43. The highest BCUT2D eigenvalue weighted by molar-refractivity contribution is 9.10. The van der Waals surface area contributed by atoms with Gasteiger partial charge in [0.2, 0.25) is 0 Å². The summed E-state index contributed by atoms with van der Waals surface area (Å²) in [5.41, 5.74) is 0.894. The van der Waals surface area contributed by atoms with Crippen LogP contribution in [0, 0.1) is 0 Å². The maximum Gasteiger partial charge on any atom is 0.332 e. The quantitative estimate of drug-likeness (QED) is 0.888. The summed E-state index contributed by atoms with van der Waals surface area (Å²) in [5.74, 6) is -0.885. The number of aliphatic carboxylic acids is 1. The summed E-state index contributed by atoms with van der Waals surface area (Å²) in [6, 6.07) is 5.58. The Hall–Kier alpha value is -0.780. The first-order valence-corrected chi connectivity index (χ1v) is 6.80. The van der Waals surface area contributed by atoms with Gasteiger partial charge in [0.25, 0.3) is 0 Å². The fraction of sp³-hybridized carbons (Fsp3) is 0.417. The van der Waals surface area contributed by atoms with Gasteiger partial charge in [0, 0.05) is 16.7 Å². The Bertz CT molecular complexity index is 455. The number of hydrogen-bond acceptors (Lipinski definition) is 3. The summed E-state index contributed by atoms with van der Waals surface area (Å²) in [6.45, 7) is 0.585. The first kappa shape index (κ1) is 13.6. The number of nitrogens with one attached hydrogen (secondary N) is 1. The smallest absolute Gasteiger partial charge is 0.332 e. The second-order valence-electron chi connectivity index (χ2n) is 4.17. The Morgan fingerprint density at radius 1 is 1.56 bits per heavy atom. The van der Waals surface area contributed by atoms with E-state index in [2.05, 4.69) is 21.2 Å². The predicted molar refractivity (Wildman–Crippen MR) is 73.2 cm³/mol. The average molecular weight is 335 g/mol. The van der Waals surface area contributed by atoms with Crippen molar-refractivity contribution in [3.05, 3.63) is 27.7 Å². The molecule has 0 bridgehead atoms. The molecule has 1 heterocycles. The zero-order chi connectivity index (χ0) is 13.1. The minimum absolute atomic E-state index is 0.0616. The SMILES string of the molecule is O=C(O)C1CCC(CNc2ccc(Br)c(Cl)c2)O1. The molecule has 0 radical (unpaired) electrons. The first-order valence-electron chi connectivity index (χ1n) is 5.63. The molecule has 98 valence electrons. The van der Waals surface area contributed by atoms with Gasteiger partial charge in [-0.25, -0.2) is 4.79 Å². The first-order chi connectivity index (χ1) is 8.56. The normalized spacial score (nSPS) is 23.0. The highest BCUT2D eigenvalue weighted by atomic mass is 79.9. The summed E-state index contributed by atoms with van der Waals surface area (Å²) >= 11 is 9.30. The largest absolute Gasteiger partial charge is 0.479 e. The Morgan fingerprint density at radius 2 is 2.33 bits per heavy atom. The fourth-order valence-corrected chi connectivity index (χ4v) is 2.30. The van der Waals surface area contributed by atoms with Crippen molar-refractivity contribution in [3.8, 4) is 0 Å². The minimum Gasteiger partial charge on any atom is -0.479 e. The maximum absolute atomic E-state index is 10.7. The number of carboxylic acid groups (broad SMARTS) is 1. The third kappa shape index (κ3) is 3.37. The van der Waals surface area contributed by atoms with Crippen molar-refractivity contribution in [2.75, 3.05) is 11.9 Å². The molecule has 4 nitrogen and oxygen atoms in total. The van der Waals surface area contributed by atoms with Gasteiger partial charge in [-0.2, -0.15) is 0 Å². The van der Waals surface area contributed by atoms with Gasteiger partial charge in [0.1, 0.15) is 0 Å². The van der Waals surface area contributed by atoms with E-state index in [0.29, 0.717) is 18.0 Å². The van der Waals surface area contributed by atoms with Crippen molar-refractivity contribution in [1.29, 1.82) is 0 Å². The van der Waals surface area contributed by atoms with Crippen molar-refractivity contribution in [3.63, 3.8) is 0 Å². The van der Waals surface area contributed by atoms with E-state index < -0.39 is 12.1 Å². The van der Waals surface area contributed by atoms with Crippen LogP contribution in [0.4, 0.5) is 5.69 Å². The van der Waals surface area contributed by atoms with E-state index in [0.717, 1.165) is 16.6 Å². The van der Waals surface area contributed by atoms with Gasteiger partial charge >= 0.3 is 5.97 Å². The van der Waals surface area contributed by atoms with Crippen LogP contribution in [0.15, 0.2) is 22.7 Å². The van der Waals surface area contributed by atoms with E-state index in [9.17, 15) is 4.79 Å². The highest BCUT2D eigenvalue weighted by Gasteiger charge is 2.30. The lowest BCUT2D eigenvalue weighted by Gasteiger charge is -2.13. The van der Waals surface area contributed by atoms with E-state index in [1.54, 1.807) is 0 Å². The second kappa shape index (κ2) is 5.91. The molecule has 18 heavy (non-hydrogen) atoms. The van der Waals surface area contributed by atoms with Crippen LogP contribution in [0.2, 0.25) is 5.02 Å². The molecule has 0 saturated carbocycles. The molecule has 0 aromatic heterocycles. The molecule has 1 aliphatic heterocycles. The lowest BCUT2D eigenvalue weighted by Crippen LogP contribution is -2.24. The minimum atomic E-state index is -0.885. The van der Waals surface area contributed by atoms with Crippen LogP contribution in [0.5, 0.6) is 0 Å². The van der Waals surface area contributed by atoms with Gasteiger partial charge in [-0.3, -0.25) is 0 Å². The summed E-state index contributed by atoms with van der Waals surface area (Å²) in [4.78, 5) is 10.7. The molecule has 2 rings (SSSR count). The Morgan fingerprint density at radius 3 is 2.94 bits per heavy atom. The number of hydrogen-bond donors (Lipinski definition) is 2. The van der Waals surface area contributed by atoms with E-state index in [1.165, 1.54) is 0 Å². The van der Waals surface area contributed by atoms with E-state index in [4.69, 9.17) is 21.4 Å². The van der Waals surface area contributed by atoms with Gasteiger partial charge in [-0.1, -0.05) is 11.6 Å². The average Bonchev–Trinajstić information content (AvgIpc) is 2.79. The number of rotatable bonds is 4. The number of anilines is 1. The van der Waals surface area contributed by atoms with Crippen molar-refractivity contribution in [2.24, 2.45) is 0 Å². The monoisotopic (exact) mass is 333 g/mol. The highest BCUT2D eigenvalue weighted by Crippen LogP contribution is 2.26. The van der Waals surface area contributed by atoms with Crippen molar-refractivity contribution >= 4 is 39.2 Å². The number of carboxylic acids is 1. The van der Waals surface area contributed by atoms with Gasteiger partial charge in [-0.15, -0.1) is 0 Å². The van der Waals surface area contributed by atoms with E-state index in [1.807, 2.05) is 18.2 Å². The molecule has 1 aromatic rings. The van der Waals surface area contributed by atoms with Crippen LogP contribution in [-0.2, 0) is 9.53 Å². The molecule has 0 spiro atoms. The van der Waals surface area contributed by atoms with Crippen molar-refractivity contribution in [1.82, 2.24) is 0 Å². The van der Waals surface area contributed by atoms with Crippen LogP contribution >= 0.6 is 27.5 Å². The third-order valence-electron chi connectivity index (χ3n) is 2.84. The molecule has 1 saturated heterocycles. The molecule has 1 aromatic carbocycles. The molecule has 2 unspecified atom stereocenters. The van der Waals surface area contributed by atoms with E-state index in [-0.39, 0.29) is 6.10 Å². The Kier molecular flexibility index (Phi) is 4.48.